The Bertz CT molecular complexity index is 716. The van der Waals surface area contributed by atoms with Crippen LogP contribution in [0.3, 0.4) is 0 Å². The average molecular weight is 329 g/mol. The van der Waals surface area contributed by atoms with Crippen molar-refractivity contribution in [1.29, 1.82) is 0 Å². The van der Waals surface area contributed by atoms with Gasteiger partial charge in [-0.2, -0.15) is 0 Å². The Hall–Kier alpha value is -2.69. The number of rotatable bonds is 5. The molecule has 4 nitrogen and oxygen atoms in total. The second kappa shape index (κ2) is 7.25. The molecule has 0 aromatic heterocycles. The molecule has 0 aliphatic carbocycles. The van der Waals surface area contributed by atoms with Crippen molar-refractivity contribution in [2.45, 2.75) is 26.9 Å². The van der Waals surface area contributed by atoms with E-state index in [-0.39, 0.29) is 5.82 Å². The maximum atomic E-state index is 12.8. The Morgan fingerprint density at radius 2 is 1.71 bits per heavy atom. The maximum Gasteiger partial charge on any atom is 0.345 e. The lowest BCUT2D eigenvalue weighted by molar-refractivity contribution is -0.150. The van der Waals surface area contributed by atoms with Crippen molar-refractivity contribution in [3.8, 4) is 5.75 Å². The SMILES string of the molecule is CC(C)(C)C(Oc1ccc(/C=N/c2ccc(F)cc2)cc1)C(=O)O. The summed E-state index contributed by atoms with van der Waals surface area (Å²) in [5.41, 5.74) is 0.957. The van der Waals surface area contributed by atoms with Crippen molar-refractivity contribution in [1.82, 2.24) is 0 Å². The molecule has 5 heteroatoms. The highest BCUT2D eigenvalue weighted by atomic mass is 19.1. The van der Waals surface area contributed by atoms with Gasteiger partial charge >= 0.3 is 5.97 Å². The minimum atomic E-state index is -0.996. The number of aliphatic carboxylic acids is 1. The lowest BCUT2D eigenvalue weighted by atomic mass is 9.89. The molecular weight excluding hydrogens is 309 g/mol. The molecule has 0 heterocycles. The molecule has 24 heavy (non-hydrogen) atoms. The van der Waals surface area contributed by atoms with E-state index in [4.69, 9.17) is 4.74 Å². The molecule has 0 saturated heterocycles. The number of carboxylic acids is 1. The van der Waals surface area contributed by atoms with E-state index >= 15 is 0 Å². The van der Waals surface area contributed by atoms with Crippen LogP contribution in [-0.4, -0.2) is 23.4 Å². The summed E-state index contributed by atoms with van der Waals surface area (Å²) in [7, 11) is 0. The van der Waals surface area contributed by atoms with Crippen LogP contribution in [0.4, 0.5) is 10.1 Å². The van der Waals surface area contributed by atoms with Gasteiger partial charge in [-0.1, -0.05) is 20.8 Å². The van der Waals surface area contributed by atoms with Crippen molar-refractivity contribution in [3.63, 3.8) is 0 Å². The molecule has 2 aromatic rings. The third kappa shape index (κ3) is 4.91. The van der Waals surface area contributed by atoms with Gasteiger partial charge < -0.3 is 9.84 Å². The van der Waals surface area contributed by atoms with Crippen LogP contribution in [0.5, 0.6) is 5.75 Å². The average Bonchev–Trinajstić information content (AvgIpc) is 2.52. The van der Waals surface area contributed by atoms with Crippen LogP contribution in [0, 0.1) is 11.2 Å². The topological polar surface area (TPSA) is 58.9 Å². The number of halogens is 1. The number of carbonyl (C=O) groups is 1. The van der Waals surface area contributed by atoms with Gasteiger partial charge in [-0.15, -0.1) is 0 Å². The maximum absolute atomic E-state index is 12.8. The van der Waals surface area contributed by atoms with E-state index in [9.17, 15) is 14.3 Å². The Labute approximate surface area is 140 Å². The molecule has 0 bridgehead atoms. The Balaban J connectivity index is 2.07. The Morgan fingerprint density at radius 3 is 2.21 bits per heavy atom. The summed E-state index contributed by atoms with van der Waals surface area (Å²) in [4.78, 5) is 15.6. The first kappa shape index (κ1) is 17.7. The molecule has 1 atom stereocenters. The summed E-state index contributed by atoms with van der Waals surface area (Å²) < 4.78 is 18.4. The molecule has 2 rings (SSSR count). The second-order valence-corrected chi connectivity index (χ2v) is 6.51. The van der Waals surface area contributed by atoms with Crippen molar-refractivity contribution >= 4 is 17.9 Å². The van der Waals surface area contributed by atoms with Crippen molar-refractivity contribution in [2.24, 2.45) is 10.4 Å². The molecule has 0 aliphatic rings. The minimum absolute atomic E-state index is 0.303. The van der Waals surface area contributed by atoms with Crippen molar-refractivity contribution in [2.75, 3.05) is 0 Å². The Morgan fingerprint density at radius 1 is 1.12 bits per heavy atom. The number of benzene rings is 2. The summed E-state index contributed by atoms with van der Waals surface area (Å²) in [6.07, 6.45) is 0.714. The molecule has 0 saturated carbocycles. The highest BCUT2D eigenvalue weighted by molar-refractivity contribution is 5.82. The highest BCUT2D eigenvalue weighted by Gasteiger charge is 2.33. The normalized spacial score (nSPS) is 13.0. The van der Waals surface area contributed by atoms with Gasteiger partial charge in [0.05, 0.1) is 5.69 Å². The molecule has 1 unspecified atom stereocenters. The molecule has 0 amide bonds. The quantitative estimate of drug-likeness (QED) is 0.824. The predicted octanol–water partition coefficient (Wildman–Crippen LogP) is 4.45. The van der Waals surface area contributed by atoms with Gasteiger partial charge in [0.15, 0.2) is 6.10 Å². The predicted molar refractivity (Wildman–Crippen MR) is 91.6 cm³/mol. The van der Waals surface area contributed by atoms with Gasteiger partial charge in [-0.05, 0) is 54.1 Å². The zero-order chi connectivity index (χ0) is 17.7. The molecule has 2 aromatic carbocycles. The summed E-state index contributed by atoms with van der Waals surface area (Å²) in [6, 6.07) is 12.8. The van der Waals surface area contributed by atoms with E-state index < -0.39 is 17.5 Å². The van der Waals surface area contributed by atoms with Gasteiger partial charge in [0.1, 0.15) is 11.6 Å². The zero-order valence-electron chi connectivity index (χ0n) is 13.9. The van der Waals surface area contributed by atoms with Gasteiger partial charge in [0.2, 0.25) is 0 Å². The summed E-state index contributed by atoms with van der Waals surface area (Å²) in [6.45, 7) is 5.44. The van der Waals surface area contributed by atoms with Crippen LogP contribution in [0.15, 0.2) is 53.5 Å². The van der Waals surface area contributed by atoms with Gasteiger partial charge in [-0.25, -0.2) is 9.18 Å². The first-order valence-electron chi connectivity index (χ1n) is 7.55. The fourth-order valence-corrected chi connectivity index (χ4v) is 2.04. The first-order valence-corrected chi connectivity index (χ1v) is 7.55. The number of hydrogen-bond donors (Lipinski definition) is 1. The van der Waals surface area contributed by atoms with Crippen LogP contribution < -0.4 is 4.74 Å². The van der Waals surface area contributed by atoms with E-state index in [1.165, 1.54) is 12.1 Å². The third-order valence-electron chi connectivity index (χ3n) is 3.33. The van der Waals surface area contributed by atoms with Crippen LogP contribution in [0.2, 0.25) is 0 Å². The van der Waals surface area contributed by atoms with Crippen LogP contribution >= 0.6 is 0 Å². The molecule has 0 spiro atoms. The van der Waals surface area contributed by atoms with Crippen molar-refractivity contribution in [3.05, 3.63) is 59.9 Å². The van der Waals surface area contributed by atoms with Gasteiger partial charge in [-0.3, -0.25) is 4.99 Å². The van der Waals surface area contributed by atoms with Gasteiger partial charge in [0.25, 0.3) is 0 Å². The summed E-state index contributed by atoms with van der Waals surface area (Å²) >= 11 is 0. The van der Waals surface area contributed by atoms with E-state index in [1.54, 1.807) is 42.6 Å². The van der Waals surface area contributed by atoms with E-state index in [0.717, 1.165) is 5.56 Å². The first-order chi connectivity index (χ1) is 11.3. The molecule has 0 aliphatic heterocycles. The fraction of sp³-hybridized carbons (Fsp3) is 0.263. The number of aliphatic imine (C=N–C) groups is 1. The summed E-state index contributed by atoms with van der Waals surface area (Å²) in [5, 5.41) is 9.28. The standard InChI is InChI=1S/C19H20FNO3/c1-19(2,3)17(18(22)23)24-16-10-4-13(5-11-16)12-21-15-8-6-14(20)7-9-15/h4-12,17H,1-3H3,(H,22,23)/b21-12+. The number of nitrogens with zero attached hydrogens (tertiary/aromatic N) is 1. The lowest BCUT2D eigenvalue weighted by Gasteiger charge is -2.27. The minimum Gasteiger partial charge on any atom is -0.478 e. The Kier molecular flexibility index (Phi) is 5.34. The van der Waals surface area contributed by atoms with E-state index in [2.05, 4.69) is 4.99 Å². The zero-order valence-corrected chi connectivity index (χ0v) is 13.9. The van der Waals surface area contributed by atoms with E-state index in [1.807, 2.05) is 20.8 Å². The molecular formula is C19H20FNO3. The number of hydrogen-bond acceptors (Lipinski definition) is 3. The monoisotopic (exact) mass is 329 g/mol. The molecule has 0 fully saturated rings. The van der Waals surface area contributed by atoms with Crippen molar-refractivity contribution < 1.29 is 19.0 Å². The molecule has 1 N–H and O–H groups in total. The van der Waals surface area contributed by atoms with E-state index in [0.29, 0.717) is 11.4 Å². The fourth-order valence-electron chi connectivity index (χ4n) is 2.04. The number of ether oxygens (including phenoxy) is 1. The number of carboxylic acid groups (broad SMARTS) is 1. The largest absolute Gasteiger partial charge is 0.478 e. The summed E-state index contributed by atoms with van der Waals surface area (Å²) in [5.74, 6) is -0.817. The van der Waals surface area contributed by atoms with Crippen LogP contribution in [-0.2, 0) is 4.79 Å². The second-order valence-electron chi connectivity index (χ2n) is 6.51. The lowest BCUT2D eigenvalue weighted by Crippen LogP contribution is -2.39. The third-order valence-corrected chi connectivity index (χ3v) is 3.33. The van der Waals surface area contributed by atoms with Gasteiger partial charge in [0, 0.05) is 11.6 Å². The van der Waals surface area contributed by atoms with Crippen LogP contribution in [0.25, 0.3) is 0 Å². The highest BCUT2D eigenvalue weighted by Crippen LogP contribution is 2.25. The molecule has 126 valence electrons. The molecule has 0 radical (unpaired) electrons. The van der Waals surface area contributed by atoms with Crippen LogP contribution in [0.1, 0.15) is 26.3 Å². The smallest absolute Gasteiger partial charge is 0.345 e.